The number of aromatic nitrogens is 1. The molecule has 0 aliphatic heterocycles. The van der Waals surface area contributed by atoms with Crippen molar-refractivity contribution in [2.45, 2.75) is 37.0 Å². The van der Waals surface area contributed by atoms with E-state index in [1.165, 1.54) is 0 Å². The van der Waals surface area contributed by atoms with Gasteiger partial charge in [0, 0.05) is 18.8 Å². The molecule has 29 heavy (non-hydrogen) atoms. The number of nitrogens with two attached hydrogens (primary N) is 1. The van der Waals surface area contributed by atoms with Crippen molar-refractivity contribution in [1.82, 2.24) is 4.98 Å². The van der Waals surface area contributed by atoms with Crippen LogP contribution in [0.1, 0.15) is 47.4 Å². The number of primary amides is 1. The number of hydrogen-bond acceptors (Lipinski definition) is 3. The molecule has 0 spiro atoms. The molecule has 4 heteroatoms. The largest absolute Gasteiger partial charge is 0.370 e. The first-order valence-corrected chi connectivity index (χ1v) is 9.98. The average Bonchev–Trinajstić information content (AvgIpc) is 2.97. The fourth-order valence-corrected chi connectivity index (χ4v) is 4.65. The van der Waals surface area contributed by atoms with Crippen LogP contribution in [-0.2, 0) is 21.4 Å². The Bertz CT molecular complexity index is 1020. The fourth-order valence-electron chi connectivity index (χ4n) is 4.65. The molecule has 4 rings (SSSR count). The first-order chi connectivity index (χ1) is 14.1. The predicted octanol–water partition coefficient (Wildman–Crippen LogP) is 3.93. The zero-order chi connectivity index (χ0) is 20.3. The summed E-state index contributed by atoms with van der Waals surface area (Å²) in [5, 5.41) is 0. The van der Waals surface area contributed by atoms with Crippen molar-refractivity contribution in [3.63, 3.8) is 0 Å². The maximum Gasteiger partial charge on any atom is 0.217 e. The van der Waals surface area contributed by atoms with Crippen LogP contribution in [-0.4, -0.2) is 16.7 Å². The van der Waals surface area contributed by atoms with Gasteiger partial charge in [-0.2, -0.15) is 0 Å². The van der Waals surface area contributed by atoms with Crippen LogP contribution in [0, 0.1) is 0 Å². The Balaban J connectivity index is 1.82. The number of carbonyl (C=O) groups is 2. The third kappa shape index (κ3) is 3.58. The number of hydrogen-bond donors (Lipinski definition) is 1. The summed E-state index contributed by atoms with van der Waals surface area (Å²) < 4.78 is 0. The minimum absolute atomic E-state index is 0.200. The molecule has 0 saturated carbocycles. The molecule has 2 atom stereocenters. The summed E-state index contributed by atoms with van der Waals surface area (Å²) in [5.74, 6) is -0.420. The van der Waals surface area contributed by atoms with Crippen LogP contribution >= 0.6 is 0 Å². The van der Waals surface area contributed by atoms with Crippen molar-refractivity contribution >= 4 is 11.7 Å². The highest BCUT2D eigenvalue weighted by Gasteiger charge is 2.51. The number of ketones is 1. The van der Waals surface area contributed by atoms with Gasteiger partial charge >= 0.3 is 0 Å². The summed E-state index contributed by atoms with van der Waals surface area (Å²) in [5.41, 5.74) is 8.93. The SMILES string of the molecule is NC(=O)CCCC1(Cc2ccncc2)C(=O)C(c2ccccc2)c2ccccc21. The molecule has 1 aliphatic rings. The van der Waals surface area contributed by atoms with Gasteiger partial charge in [0.05, 0.1) is 11.3 Å². The van der Waals surface area contributed by atoms with Crippen molar-refractivity contribution in [3.8, 4) is 0 Å². The standard InChI is InChI=1S/C25H24N2O2/c26-22(28)11-6-14-25(17-18-12-15-27-16-13-18)21-10-5-4-9-20(21)23(24(25)29)19-7-2-1-3-8-19/h1-5,7-10,12-13,15-16,23H,6,11,14,17H2,(H2,26,28). The van der Waals surface area contributed by atoms with E-state index >= 15 is 0 Å². The molecule has 0 radical (unpaired) electrons. The smallest absolute Gasteiger partial charge is 0.217 e. The van der Waals surface area contributed by atoms with Crippen LogP contribution in [0.3, 0.4) is 0 Å². The number of benzene rings is 2. The minimum Gasteiger partial charge on any atom is -0.370 e. The van der Waals surface area contributed by atoms with Gasteiger partial charge in [-0.1, -0.05) is 54.6 Å². The van der Waals surface area contributed by atoms with Crippen molar-refractivity contribution in [3.05, 3.63) is 101 Å². The van der Waals surface area contributed by atoms with Gasteiger partial charge in [0.1, 0.15) is 0 Å². The second-order valence-corrected chi connectivity index (χ2v) is 7.73. The summed E-state index contributed by atoms with van der Waals surface area (Å²) in [4.78, 5) is 29.5. The van der Waals surface area contributed by atoms with Gasteiger partial charge in [-0.25, -0.2) is 0 Å². The van der Waals surface area contributed by atoms with Crippen molar-refractivity contribution in [2.75, 3.05) is 0 Å². The Morgan fingerprint density at radius 3 is 2.38 bits per heavy atom. The zero-order valence-electron chi connectivity index (χ0n) is 16.3. The molecule has 0 bridgehead atoms. The van der Waals surface area contributed by atoms with Crippen molar-refractivity contribution in [2.24, 2.45) is 5.73 Å². The van der Waals surface area contributed by atoms with E-state index in [0.717, 1.165) is 22.3 Å². The number of pyridine rings is 1. The zero-order valence-corrected chi connectivity index (χ0v) is 16.3. The molecule has 1 aromatic heterocycles. The van der Waals surface area contributed by atoms with Gasteiger partial charge in [-0.3, -0.25) is 14.6 Å². The highest BCUT2D eigenvalue weighted by atomic mass is 16.1. The molecule has 2 aromatic carbocycles. The molecule has 1 aliphatic carbocycles. The van der Waals surface area contributed by atoms with Gasteiger partial charge in [0.15, 0.2) is 5.78 Å². The molecular weight excluding hydrogens is 360 g/mol. The van der Waals surface area contributed by atoms with Crippen molar-refractivity contribution < 1.29 is 9.59 Å². The lowest BCUT2D eigenvalue weighted by Crippen LogP contribution is -2.36. The number of rotatable bonds is 7. The minimum atomic E-state index is -0.673. The normalized spacial score (nSPS) is 20.4. The summed E-state index contributed by atoms with van der Waals surface area (Å²) in [6, 6.07) is 22.0. The lowest BCUT2D eigenvalue weighted by molar-refractivity contribution is -0.125. The molecule has 4 nitrogen and oxygen atoms in total. The van der Waals surface area contributed by atoms with E-state index in [-0.39, 0.29) is 24.0 Å². The number of amides is 1. The molecule has 1 heterocycles. The topological polar surface area (TPSA) is 73.1 Å². The molecule has 0 fully saturated rings. The molecule has 3 aromatic rings. The Morgan fingerprint density at radius 2 is 1.66 bits per heavy atom. The van der Waals surface area contributed by atoms with Gasteiger partial charge in [-0.15, -0.1) is 0 Å². The highest BCUT2D eigenvalue weighted by molar-refractivity contribution is 6.03. The Labute approximate surface area is 170 Å². The number of carbonyl (C=O) groups excluding carboxylic acids is 2. The van der Waals surface area contributed by atoms with E-state index < -0.39 is 5.41 Å². The number of nitrogens with zero attached hydrogens (tertiary/aromatic N) is 1. The predicted molar refractivity (Wildman–Crippen MR) is 112 cm³/mol. The van der Waals surface area contributed by atoms with E-state index in [0.29, 0.717) is 19.3 Å². The second-order valence-electron chi connectivity index (χ2n) is 7.73. The maximum atomic E-state index is 14.0. The van der Waals surface area contributed by atoms with Gasteiger partial charge in [-0.05, 0) is 53.6 Å². The maximum absolute atomic E-state index is 14.0. The van der Waals surface area contributed by atoms with Crippen LogP contribution < -0.4 is 5.73 Å². The van der Waals surface area contributed by atoms with E-state index in [4.69, 9.17) is 5.73 Å². The molecule has 0 saturated heterocycles. The Morgan fingerprint density at radius 1 is 0.966 bits per heavy atom. The van der Waals surface area contributed by atoms with Crippen molar-refractivity contribution in [1.29, 1.82) is 0 Å². The van der Waals surface area contributed by atoms with E-state index in [2.05, 4.69) is 17.1 Å². The van der Waals surface area contributed by atoms with Crippen LogP contribution in [0.5, 0.6) is 0 Å². The monoisotopic (exact) mass is 384 g/mol. The van der Waals surface area contributed by atoms with Gasteiger partial charge in [0.2, 0.25) is 5.91 Å². The molecule has 146 valence electrons. The van der Waals surface area contributed by atoms with Crippen LogP contribution in [0.15, 0.2) is 79.1 Å². The van der Waals surface area contributed by atoms with E-state index in [1.54, 1.807) is 12.4 Å². The number of fused-ring (bicyclic) bond motifs is 1. The average molecular weight is 384 g/mol. The first kappa shape index (κ1) is 19.1. The summed E-state index contributed by atoms with van der Waals surface area (Å²) in [6.45, 7) is 0. The third-order valence-corrected chi connectivity index (χ3v) is 5.94. The van der Waals surface area contributed by atoms with E-state index in [1.807, 2.05) is 54.6 Å². The van der Waals surface area contributed by atoms with Crippen LogP contribution in [0.25, 0.3) is 0 Å². The second kappa shape index (κ2) is 8.00. The lowest BCUT2D eigenvalue weighted by Gasteiger charge is -2.30. The molecular formula is C25H24N2O2. The summed E-state index contributed by atoms with van der Waals surface area (Å²) >= 11 is 0. The molecule has 2 unspecified atom stereocenters. The van der Waals surface area contributed by atoms with Gasteiger partial charge in [0.25, 0.3) is 0 Å². The third-order valence-electron chi connectivity index (χ3n) is 5.94. The lowest BCUT2D eigenvalue weighted by atomic mass is 9.71. The summed E-state index contributed by atoms with van der Waals surface area (Å²) in [6.07, 6.45) is 5.56. The molecule has 2 N–H and O–H groups in total. The Hall–Kier alpha value is -3.27. The first-order valence-electron chi connectivity index (χ1n) is 9.98. The molecule has 1 amide bonds. The summed E-state index contributed by atoms with van der Waals surface area (Å²) in [7, 11) is 0. The van der Waals surface area contributed by atoms with E-state index in [9.17, 15) is 9.59 Å². The quantitative estimate of drug-likeness (QED) is 0.671. The Kier molecular flexibility index (Phi) is 5.26. The number of Topliss-reactive ketones (excluding diaryl/α,β-unsaturated/α-hetero) is 1. The van der Waals surface area contributed by atoms with Gasteiger partial charge < -0.3 is 5.73 Å². The van der Waals surface area contributed by atoms with Crippen LogP contribution in [0.2, 0.25) is 0 Å². The fraction of sp³-hybridized carbons (Fsp3) is 0.240. The highest BCUT2D eigenvalue weighted by Crippen LogP contribution is 2.50. The van der Waals surface area contributed by atoms with Crippen LogP contribution in [0.4, 0.5) is 0 Å².